The van der Waals surface area contributed by atoms with Gasteiger partial charge >= 0.3 is 0 Å². The maximum absolute atomic E-state index is 6.64. The molecule has 9 aromatic rings. The number of hydrogen-bond donors (Lipinski definition) is 0. The van der Waals surface area contributed by atoms with E-state index >= 15 is 0 Å². The van der Waals surface area contributed by atoms with Crippen LogP contribution in [-0.4, -0.2) is 0 Å². The quantitative estimate of drug-likeness (QED) is 0.128. The molecule has 4 heteroatoms. The zero-order valence-corrected chi connectivity index (χ0v) is 23.0. The molecule has 0 nitrogen and oxygen atoms in total. The van der Waals surface area contributed by atoms with Crippen molar-refractivity contribution in [1.29, 1.82) is 0 Å². The van der Waals surface area contributed by atoms with Crippen LogP contribution in [0.5, 0.6) is 0 Å². The molecule has 0 aliphatic carbocycles. The first-order valence-electron chi connectivity index (χ1n) is 12.5. The van der Waals surface area contributed by atoms with Crippen LogP contribution in [0.25, 0.3) is 83.4 Å². The number of hydrogen-bond acceptors (Lipinski definition) is 2. The molecule has 9 rings (SSSR count). The monoisotopic (exact) mass is 558 g/mol. The summed E-state index contributed by atoms with van der Waals surface area (Å²) in [6.07, 6.45) is 0. The predicted octanol–water partition coefficient (Wildman–Crippen LogP) is 12.3. The fraction of sp³-hybridized carbons (Fsp3) is 0. The summed E-state index contributed by atoms with van der Waals surface area (Å²) < 4.78 is 5.13. The molecule has 0 bridgehead atoms. The van der Waals surface area contributed by atoms with E-state index < -0.39 is 0 Å². The van der Waals surface area contributed by atoms with Crippen molar-refractivity contribution in [3.8, 4) is 0 Å². The highest BCUT2D eigenvalue weighted by Gasteiger charge is 2.21. The Morgan fingerprint density at radius 1 is 0.395 bits per heavy atom. The highest BCUT2D eigenvalue weighted by atomic mass is 35.5. The van der Waals surface area contributed by atoms with E-state index in [2.05, 4.69) is 84.9 Å². The molecule has 2 aromatic heterocycles. The smallest absolute Gasteiger partial charge is 0.0440 e. The summed E-state index contributed by atoms with van der Waals surface area (Å²) in [5, 5.41) is 16.8. The zero-order valence-electron chi connectivity index (χ0n) is 19.8. The van der Waals surface area contributed by atoms with Crippen molar-refractivity contribution >= 4 is 129 Å². The minimum absolute atomic E-state index is 0.763. The normalized spacial score (nSPS) is 12.5. The maximum atomic E-state index is 6.64. The number of rotatable bonds is 0. The Morgan fingerprint density at radius 2 is 0.842 bits per heavy atom. The first-order valence-corrected chi connectivity index (χ1v) is 14.9. The SMILES string of the molecule is Clc1ccc2sc3c4ccccc4cc4c5c6cc(Cl)ccc6sc6c7ccccc7cc(c(c2c1)c43)c65. The van der Waals surface area contributed by atoms with Crippen molar-refractivity contribution in [2.75, 3.05) is 0 Å². The molecule has 0 saturated heterocycles. The lowest BCUT2D eigenvalue weighted by atomic mass is 9.88. The third kappa shape index (κ3) is 2.76. The fourth-order valence-electron chi connectivity index (χ4n) is 6.35. The Balaban J connectivity index is 1.77. The van der Waals surface area contributed by atoms with Gasteiger partial charge in [-0.2, -0.15) is 0 Å². The predicted molar refractivity (Wildman–Crippen MR) is 172 cm³/mol. The van der Waals surface area contributed by atoms with E-state index in [0.717, 1.165) is 10.0 Å². The van der Waals surface area contributed by atoms with Crippen LogP contribution in [0, 0.1) is 0 Å². The van der Waals surface area contributed by atoms with Gasteiger partial charge in [-0.3, -0.25) is 0 Å². The molecule has 0 unspecified atom stereocenters. The highest BCUT2D eigenvalue weighted by molar-refractivity contribution is 7.27. The summed E-state index contributed by atoms with van der Waals surface area (Å²) >= 11 is 17.0. The summed E-state index contributed by atoms with van der Waals surface area (Å²) in [4.78, 5) is 0. The molecule has 0 N–H and O–H groups in total. The van der Waals surface area contributed by atoms with Crippen LogP contribution in [0.4, 0.5) is 0 Å². The van der Waals surface area contributed by atoms with Crippen LogP contribution in [-0.2, 0) is 0 Å². The largest absolute Gasteiger partial charge is 0.135 e. The first-order chi connectivity index (χ1) is 18.7. The van der Waals surface area contributed by atoms with E-state index in [9.17, 15) is 0 Å². The van der Waals surface area contributed by atoms with Gasteiger partial charge in [-0.25, -0.2) is 0 Å². The topological polar surface area (TPSA) is 0 Å². The third-order valence-electron chi connectivity index (χ3n) is 7.89. The van der Waals surface area contributed by atoms with Gasteiger partial charge in [0.15, 0.2) is 0 Å². The Labute approximate surface area is 235 Å². The summed E-state index contributed by atoms with van der Waals surface area (Å²) in [6, 6.07) is 35.0. The fourth-order valence-corrected chi connectivity index (χ4v) is 9.17. The molecule has 0 aliphatic heterocycles. The van der Waals surface area contributed by atoms with Crippen molar-refractivity contribution in [2.24, 2.45) is 0 Å². The molecule has 0 fully saturated rings. The Morgan fingerprint density at radius 3 is 1.32 bits per heavy atom. The molecule has 0 atom stereocenters. The van der Waals surface area contributed by atoms with Gasteiger partial charge in [-0.15, -0.1) is 22.7 Å². The molecule has 38 heavy (non-hydrogen) atoms. The molecule has 7 aromatic carbocycles. The molecule has 0 aliphatic rings. The number of fused-ring (bicyclic) bond motifs is 10. The lowest BCUT2D eigenvalue weighted by Gasteiger charge is -2.20. The third-order valence-corrected chi connectivity index (χ3v) is 10.8. The highest BCUT2D eigenvalue weighted by Crippen LogP contribution is 2.52. The maximum Gasteiger partial charge on any atom is 0.0440 e. The second-order valence-corrected chi connectivity index (χ2v) is 12.9. The lowest BCUT2D eigenvalue weighted by Crippen LogP contribution is -1.90. The van der Waals surface area contributed by atoms with Gasteiger partial charge in [-0.1, -0.05) is 71.7 Å². The van der Waals surface area contributed by atoms with Crippen molar-refractivity contribution in [3.63, 3.8) is 0 Å². The first kappa shape index (κ1) is 21.5. The van der Waals surface area contributed by atoms with E-state index in [1.807, 2.05) is 34.8 Å². The van der Waals surface area contributed by atoms with Crippen LogP contribution >= 0.6 is 45.9 Å². The average molecular weight is 560 g/mol. The summed E-state index contributed by atoms with van der Waals surface area (Å²) in [5.41, 5.74) is 0. The van der Waals surface area contributed by atoms with Gasteiger partial charge in [0.05, 0.1) is 0 Å². The van der Waals surface area contributed by atoms with Crippen LogP contribution in [0.15, 0.2) is 97.1 Å². The standard InChI is InChI=1S/C34H16Cl2S2/c35-19-10-12-28-23(15-19)29-25-13-17-5-1-3-7-21(17)33-31(25)30(24-16-20(36)9-11-27(24)37-33)26-14-18-6-2-4-8-22(18)34(38-28)32(26)29/h1-16H. The van der Waals surface area contributed by atoms with Crippen molar-refractivity contribution in [2.45, 2.75) is 0 Å². The van der Waals surface area contributed by atoms with Gasteiger partial charge in [0.1, 0.15) is 0 Å². The van der Waals surface area contributed by atoms with E-state index in [1.54, 1.807) is 0 Å². The number of benzene rings is 7. The van der Waals surface area contributed by atoms with E-state index in [-0.39, 0.29) is 0 Å². The van der Waals surface area contributed by atoms with E-state index in [0.29, 0.717) is 0 Å². The van der Waals surface area contributed by atoms with Gasteiger partial charge in [0.25, 0.3) is 0 Å². The van der Waals surface area contributed by atoms with Crippen LogP contribution < -0.4 is 0 Å². The molecular weight excluding hydrogens is 543 g/mol. The van der Waals surface area contributed by atoms with Crippen molar-refractivity contribution in [3.05, 3.63) is 107 Å². The molecule has 0 amide bonds. The van der Waals surface area contributed by atoms with Crippen LogP contribution in [0.2, 0.25) is 10.0 Å². The van der Waals surface area contributed by atoms with Gasteiger partial charge in [0.2, 0.25) is 0 Å². The van der Waals surface area contributed by atoms with Crippen molar-refractivity contribution < 1.29 is 0 Å². The lowest BCUT2D eigenvalue weighted by molar-refractivity contribution is 1.82. The summed E-state index contributed by atoms with van der Waals surface area (Å²) in [7, 11) is 0. The molecule has 2 heterocycles. The average Bonchev–Trinajstić information content (AvgIpc) is 2.94. The van der Waals surface area contributed by atoms with Crippen LogP contribution in [0.3, 0.4) is 0 Å². The van der Waals surface area contributed by atoms with Gasteiger partial charge in [-0.05, 0) is 80.8 Å². The Bertz CT molecular complexity index is 2300. The minimum atomic E-state index is 0.763. The molecule has 0 spiro atoms. The second kappa shape index (κ2) is 7.59. The van der Waals surface area contributed by atoms with Crippen LogP contribution in [0.1, 0.15) is 0 Å². The number of halogens is 2. The molecule has 0 radical (unpaired) electrons. The Hall–Kier alpha value is -3.40. The molecule has 0 saturated carbocycles. The van der Waals surface area contributed by atoms with E-state index in [4.69, 9.17) is 23.2 Å². The zero-order chi connectivity index (χ0) is 25.1. The molecular formula is C34H16Cl2S2. The summed E-state index contributed by atoms with van der Waals surface area (Å²) in [6.45, 7) is 0. The van der Waals surface area contributed by atoms with Gasteiger partial charge in [0, 0.05) is 61.2 Å². The summed E-state index contributed by atoms with van der Waals surface area (Å²) in [5.74, 6) is 0. The second-order valence-electron chi connectivity index (χ2n) is 9.93. The minimum Gasteiger partial charge on any atom is -0.135 e. The van der Waals surface area contributed by atoms with Crippen molar-refractivity contribution in [1.82, 2.24) is 0 Å². The molecule has 178 valence electrons. The van der Waals surface area contributed by atoms with E-state index in [1.165, 1.54) is 83.4 Å². The van der Waals surface area contributed by atoms with Gasteiger partial charge < -0.3 is 0 Å². The Kier molecular flexibility index (Phi) is 4.30.